The van der Waals surface area contributed by atoms with Crippen LogP contribution in [-0.2, 0) is 16.1 Å². The Hall–Kier alpha value is -2.13. The normalized spacial score (nSPS) is 11.2. The molecule has 9 heteroatoms. The van der Waals surface area contributed by atoms with Crippen LogP contribution in [-0.4, -0.2) is 57.2 Å². The molecule has 1 atom stereocenters. The fourth-order valence-corrected chi connectivity index (χ4v) is 2.35. The average molecular weight is 382 g/mol. The highest BCUT2D eigenvalue weighted by atomic mass is 16.4. The van der Waals surface area contributed by atoms with Crippen molar-refractivity contribution >= 4 is 24.5 Å². The molecule has 0 aliphatic heterocycles. The van der Waals surface area contributed by atoms with Crippen LogP contribution in [0.3, 0.4) is 0 Å². The highest BCUT2D eigenvalue weighted by Gasteiger charge is 2.14. The molecule has 152 valence electrons. The number of aryl methyl sites for hydroxylation is 1. The summed E-state index contributed by atoms with van der Waals surface area (Å²) in [6, 6.07) is 2.63. The number of pyridine rings is 1. The molecule has 1 aromatic rings. The first kappa shape index (κ1) is 24.9. The first-order chi connectivity index (χ1) is 12.7. The van der Waals surface area contributed by atoms with Gasteiger partial charge in [0.05, 0.1) is 5.92 Å². The lowest BCUT2D eigenvalue weighted by Crippen LogP contribution is -2.35. The van der Waals surface area contributed by atoms with Gasteiger partial charge in [-0.05, 0) is 24.7 Å². The summed E-state index contributed by atoms with van der Waals surface area (Å²) in [5.74, 6) is -1.38. The Morgan fingerprint density at radius 3 is 2.41 bits per heavy atom. The van der Waals surface area contributed by atoms with Gasteiger partial charge < -0.3 is 24.6 Å². The lowest BCUT2D eigenvalue weighted by atomic mass is 9.82. The van der Waals surface area contributed by atoms with Gasteiger partial charge in [0.25, 0.3) is 0 Å². The number of carboxylic acid groups (broad SMARTS) is 1. The predicted octanol–water partition coefficient (Wildman–Crippen LogP) is 0.294. The van der Waals surface area contributed by atoms with Gasteiger partial charge in [-0.15, -0.1) is 0 Å². The number of carbonyl (C=O) groups excluding carboxylic acids is 1. The van der Waals surface area contributed by atoms with Crippen molar-refractivity contribution in [1.82, 2.24) is 9.47 Å². The zero-order valence-electron chi connectivity index (χ0n) is 16.6. The number of carboxylic acids is 1. The third kappa shape index (κ3) is 9.39. The summed E-state index contributed by atoms with van der Waals surface area (Å²) in [5.41, 5.74) is -0.0161. The van der Waals surface area contributed by atoms with E-state index in [0.717, 1.165) is 0 Å². The molecule has 0 aromatic carbocycles. The van der Waals surface area contributed by atoms with Crippen molar-refractivity contribution in [1.29, 1.82) is 0 Å². The maximum absolute atomic E-state index is 12.0. The maximum Gasteiger partial charge on any atom is 0.489 e. The van der Waals surface area contributed by atoms with Gasteiger partial charge in [-0.25, -0.2) is 0 Å². The van der Waals surface area contributed by atoms with E-state index < -0.39 is 19.0 Å². The zero-order valence-corrected chi connectivity index (χ0v) is 16.6. The van der Waals surface area contributed by atoms with Gasteiger partial charge in [0.2, 0.25) is 11.5 Å². The van der Waals surface area contributed by atoms with Crippen LogP contribution in [0, 0.1) is 5.92 Å². The summed E-state index contributed by atoms with van der Waals surface area (Å²) in [6.45, 7) is 6.42. The van der Waals surface area contributed by atoms with Gasteiger partial charge in [0, 0.05) is 38.8 Å². The van der Waals surface area contributed by atoms with Gasteiger partial charge in [0.1, 0.15) is 0 Å². The van der Waals surface area contributed by atoms with Crippen molar-refractivity contribution in [3.8, 4) is 0 Å². The number of rotatable bonds is 10. The first-order valence-corrected chi connectivity index (χ1v) is 9.25. The van der Waals surface area contributed by atoms with Crippen LogP contribution in [0.1, 0.15) is 46.5 Å². The van der Waals surface area contributed by atoms with Crippen molar-refractivity contribution in [2.24, 2.45) is 5.92 Å². The highest BCUT2D eigenvalue weighted by molar-refractivity contribution is 6.58. The van der Waals surface area contributed by atoms with Gasteiger partial charge >= 0.3 is 13.1 Å². The average Bonchev–Trinajstić information content (AvgIpc) is 2.64. The van der Waals surface area contributed by atoms with Crippen LogP contribution in [0.4, 0.5) is 0 Å². The van der Waals surface area contributed by atoms with E-state index in [1.165, 1.54) is 22.9 Å². The molecular formula is C18H31BN2O6. The molecule has 0 saturated heterocycles. The number of hydrogen-bond acceptors (Lipinski definition) is 5. The third-order valence-corrected chi connectivity index (χ3v) is 4.07. The lowest BCUT2D eigenvalue weighted by molar-refractivity contribution is -0.141. The smallest absolute Gasteiger partial charge is 0.481 e. The van der Waals surface area contributed by atoms with Crippen molar-refractivity contribution < 1.29 is 24.7 Å². The van der Waals surface area contributed by atoms with E-state index in [0.29, 0.717) is 38.8 Å². The van der Waals surface area contributed by atoms with Gasteiger partial charge in [0.15, 0.2) is 0 Å². The standard InChI is InChI=1S/C16H25BN2O6.C2H6/c1-12(16(22)23)5-3-6-14(20)18(2)9-4-10-19-11-13(17(24)25)7-8-15(19)21;1-2/h7-8,11-12,24-25H,3-6,9-10H2,1-2H3,(H,22,23);1-2H3/t12-;/m0./s1. The topological polar surface area (TPSA) is 120 Å². The van der Waals surface area contributed by atoms with E-state index in [-0.39, 0.29) is 16.9 Å². The largest absolute Gasteiger partial charge is 0.489 e. The van der Waals surface area contributed by atoms with Crippen LogP contribution >= 0.6 is 0 Å². The number of aromatic nitrogens is 1. The Labute approximate surface area is 160 Å². The molecule has 0 unspecified atom stereocenters. The molecule has 0 aliphatic rings. The highest BCUT2D eigenvalue weighted by Crippen LogP contribution is 2.09. The van der Waals surface area contributed by atoms with Crippen LogP contribution < -0.4 is 11.0 Å². The maximum atomic E-state index is 12.0. The molecule has 1 heterocycles. The van der Waals surface area contributed by atoms with Gasteiger partial charge in [-0.2, -0.15) is 0 Å². The summed E-state index contributed by atoms with van der Waals surface area (Å²) in [5, 5.41) is 27.1. The Kier molecular flexibility index (Phi) is 12.1. The minimum Gasteiger partial charge on any atom is -0.481 e. The van der Waals surface area contributed by atoms with Crippen LogP contribution in [0.15, 0.2) is 23.1 Å². The number of hydrogen-bond donors (Lipinski definition) is 3. The second-order valence-electron chi connectivity index (χ2n) is 6.17. The molecule has 8 nitrogen and oxygen atoms in total. The SMILES string of the molecule is CC.C[C@@H](CCCC(=O)N(C)CCCn1cc(B(O)O)ccc1=O)C(=O)O. The molecule has 1 amide bonds. The number of nitrogens with zero attached hydrogens (tertiary/aromatic N) is 2. The Morgan fingerprint density at radius 2 is 1.85 bits per heavy atom. The first-order valence-electron chi connectivity index (χ1n) is 9.25. The van der Waals surface area contributed by atoms with E-state index in [4.69, 9.17) is 15.2 Å². The lowest BCUT2D eigenvalue weighted by Gasteiger charge is -2.18. The minimum absolute atomic E-state index is 0.0653. The fourth-order valence-electron chi connectivity index (χ4n) is 2.35. The fraction of sp³-hybridized carbons (Fsp3) is 0.611. The molecule has 0 bridgehead atoms. The number of amides is 1. The van der Waals surface area contributed by atoms with E-state index in [2.05, 4.69) is 0 Å². The molecule has 0 spiro atoms. The van der Waals surface area contributed by atoms with E-state index in [9.17, 15) is 14.4 Å². The number of aliphatic carboxylic acids is 1. The third-order valence-electron chi connectivity index (χ3n) is 4.07. The van der Waals surface area contributed by atoms with E-state index >= 15 is 0 Å². The van der Waals surface area contributed by atoms with Crippen molar-refractivity contribution in [3.63, 3.8) is 0 Å². The summed E-state index contributed by atoms with van der Waals surface area (Å²) in [4.78, 5) is 36.0. The molecule has 0 radical (unpaired) electrons. The van der Waals surface area contributed by atoms with Gasteiger partial charge in [-0.3, -0.25) is 14.4 Å². The molecule has 0 saturated carbocycles. The quantitative estimate of drug-likeness (QED) is 0.501. The summed E-state index contributed by atoms with van der Waals surface area (Å²) >= 11 is 0. The summed E-state index contributed by atoms with van der Waals surface area (Å²) in [7, 11) is 0.0314. The molecule has 0 aliphatic carbocycles. The second-order valence-corrected chi connectivity index (χ2v) is 6.17. The monoisotopic (exact) mass is 382 g/mol. The summed E-state index contributed by atoms with van der Waals surface area (Å²) < 4.78 is 1.38. The Balaban J connectivity index is 0.00000326. The Morgan fingerprint density at radius 1 is 1.22 bits per heavy atom. The molecule has 27 heavy (non-hydrogen) atoms. The van der Waals surface area contributed by atoms with E-state index in [1.807, 2.05) is 13.8 Å². The van der Waals surface area contributed by atoms with Crippen molar-refractivity contribution in [2.45, 2.75) is 53.0 Å². The van der Waals surface area contributed by atoms with Crippen LogP contribution in [0.5, 0.6) is 0 Å². The molecule has 1 rings (SSSR count). The van der Waals surface area contributed by atoms with Crippen LogP contribution in [0.2, 0.25) is 0 Å². The van der Waals surface area contributed by atoms with Crippen molar-refractivity contribution in [2.75, 3.05) is 13.6 Å². The Bertz CT molecular complexity index is 647. The molecular weight excluding hydrogens is 351 g/mol. The second kappa shape index (κ2) is 13.1. The minimum atomic E-state index is -1.63. The molecule has 1 aromatic heterocycles. The van der Waals surface area contributed by atoms with Crippen molar-refractivity contribution in [3.05, 3.63) is 28.7 Å². The molecule has 0 fully saturated rings. The zero-order chi connectivity index (χ0) is 21.0. The molecule has 3 N–H and O–H groups in total. The van der Waals surface area contributed by atoms with Crippen LogP contribution in [0.25, 0.3) is 0 Å². The number of carbonyl (C=O) groups is 2. The van der Waals surface area contributed by atoms with Gasteiger partial charge in [-0.1, -0.05) is 26.8 Å². The predicted molar refractivity (Wildman–Crippen MR) is 105 cm³/mol. The summed E-state index contributed by atoms with van der Waals surface area (Å²) in [6.07, 6.45) is 3.20. The van der Waals surface area contributed by atoms with E-state index in [1.54, 1.807) is 18.9 Å².